The van der Waals surface area contributed by atoms with Crippen LogP contribution in [-0.4, -0.2) is 29.4 Å². The summed E-state index contributed by atoms with van der Waals surface area (Å²) in [6.07, 6.45) is 12.2. The van der Waals surface area contributed by atoms with Crippen molar-refractivity contribution in [1.29, 1.82) is 0 Å². The molecular weight excluding hydrogens is 300 g/mol. The van der Waals surface area contributed by atoms with Crippen LogP contribution in [0.1, 0.15) is 97.3 Å². The number of hydrogen-bond donors (Lipinski definition) is 2. The van der Waals surface area contributed by atoms with Crippen molar-refractivity contribution in [2.24, 2.45) is 0 Å². The maximum Gasteiger partial charge on any atom is 0.267 e. The van der Waals surface area contributed by atoms with E-state index in [1.54, 1.807) is 0 Å². The van der Waals surface area contributed by atoms with E-state index in [1.807, 2.05) is 6.92 Å². The van der Waals surface area contributed by atoms with Gasteiger partial charge in [-0.1, -0.05) is 71.6 Å². The fourth-order valence-corrected chi connectivity index (χ4v) is 3.61. The lowest BCUT2D eigenvalue weighted by Crippen LogP contribution is -2.22. The molecule has 2 atom stereocenters. The Bertz CT molecular complexity index is 341. The van der Waals surface area contributed by atoms with Gasteiger partial charge in [0.25, 0.3) is 10.1 Å². The first-order chi connectivity index (χ1) is 10.4. The first-order valence-corrected chi connectivity index (χ1v) is 10.6. The number of aliphatic hydroxyl groups excluding tert-OH is 1. The highest BCUT2D eigenvalue weighted by atomic mass is 32.2. The summed E-state index contributed by atoms with van der Waals surface area (Å²) >= 11 is 0. The molecule has 0 aromatic rings. The van der Waals surface area contributed by atoms with Crippen LogP contribution in [0.25, 0.3) is 0 Å². The summed E-state index contributed by atoms with van der Waals surface area (Å²) in [6.45, 7) is 4.08. The number of unbranched alkanes of at least 4 members (excludes halogenated alkanes) is 8. The fraction of sp³-hybridized carbons (Fsp3) is 1.00. The van der Waals surface area contributed by atoms with Crippen molar-refractivity contribution in [2.75, 3.05) is 0 Å². The van der Waals surface area contributed by atoms with Gasteiger partial charge in [0.05, 0.1) is 11.4 Å². The number of hydrogen-bond acceptors (Lipinski definition) is 3. The molecule has 0 heterocycles. The van der Waals surface area contributed by atoms with Gasteiger partial charge in [0.2, 0.25) is 0 Å². The lowest BCUT2D eigenvalue weighted by atomic mass is 10.0. The van der Waals surface area contributed by atoms with Gasteiger partial charge in [-0.3, -0.25) is 4.55 Å². The molecule has 0 bridgehead atoms. The zero-order valence-electron chi connectivity index (χ0n) is 14.5. The molecule has 0 spiro atoms. The average molecular weight is 337 g/mol. The maximum absolute atomic E-state index is 11.4. The smallest absolute Gasteiger partial charge is 0.267 e. The zero-order chi connectivity index (χ0) is 16.8. The summed E-state index contributed by atoms with van der Waals surface area (Å²) in [5.74, 6) is 0. The molecule has 0 rings (SSSR count). The highest BCUT2D eigenvalue weighted by Crippen LogP contribution is 2.18. The molecular formula is C17H36O4S. The Hall–Kier alpha value is -0.130. The predicted molar refractivity (Wildman–Crippen MR) is 92.7 cm³/mol. The van der Waals surface area contributed by atoms with Gasteiger partial charge in [-0.2, -0.15) is 8.42 Å². The SMILES string of the molecule is CCCCCCCCCCCC(CCC(O)CC)S(=O)(=O)O. The molecule has 0 aliphatic heterocycles. The normalized spacial score (nSPS) is 14.9. The summed E-state index contributed by atoms with van der Waals surface area (Å²) in [6, 6.07) is 0. The van der Waals surface area contributed by atoms with Gasteiger partial charge < -0.3 is 5.11 Å². The van der Waals surface area contributed by atoms with E-state index in [4.69, 9.17) is 0 Å². The summed E-state index contributed by atoms with van der Waals surface area (Å²) in [7, 11) is -3.99. The van der Waals surface area contributed by atoms with Crippen LogP contribution in [0.5, 0.6) is 0 Å². The predicted octanol–water partition coefficient (Wildman–Crippen LogP) is 4.71. The Morgan fingerprint density at radius 3 is 1.73 bits per heavy atom. The Kier molecular flexibility index (Phi) is 13.2. The Morgan fingerprint density at radius 1 is 0.773 bits per heavy atom. The van der Waals surface area contributed by atoms with E-state index >= 15 is 0 Å². The van der Waals surface area contributed by atoms with E-state index in [0.717, 1.165) is 19.3 Å². The molecule has 0 saturated heterocycles. The van der Waals surface area contributed by atoms with Crippen LogP contribution in [0.3, 0.4) is 0 Å². The van der Waals surface area contributed by atoms with Crippen molar-refractivity contribution in [3.05, 3.63) is 0 Å². The summed E-state index contributed by atoms with van der Waals surface area (Å²) < 4.78 is 32.0. The van der Waals surface area contributed by atoms with Crippen LogP contribution < -0.4 is 0 Å². The molecule has 0 saturated carbocycles. The average Bonchev–Trinajstić information content (AvgIpc) is 2.46. The van der Waals surface area contributed by atoms with Gasteiger partial charge in [0, 0.05) is 0 Å². The van der Waals surface area contributed by atoms with Gasteiger partial charge in [0.15, 0.2) is 0 Å². The van der Waals surface area contributed by atoms with Crippen LogP contribution >= 0.6 is 0 Å². The van der Waals surface area contributed by atoms with Crippen molar-refractivity contribution in [2.45, 2.75) is 109 Å². The molecule has 134 valence electrons. The highest BCUT2D eigenvalue weighted by molar-refractivity contribution is 7.86. The fourth-order valence-electron chi connectivity index (χ4n) is 2.71. The Balaban J connectivity index is 3.77. The lowest BCUT2D eigenvalue weighted by Gasteiger charge is -2.15. The highest BCUT2D eigenvalue weighted by Gasteiger charge is 2.23. The van der Waals surface area contributed by atoms with Gasteiger partial charge in [0.1, 0.15) is 0 Å². The van der Waals surface area contributed by atoms with Crippen molar-refractivity contribution in [3.63, 3.8) is 0 Å². The standard InChI is InChI=1S/C17H36O4S/c1-3-5-6-7-8-9-10-11-12-13-17(22(19,20)21)15-14-16(18)4-2/h16-18H,3-15H2,1-2H3,(H,19,20,21). The van der Waals surface area contributed by atoms with Crippen molar-refractivity contribution in [3.8, 4) is 0 Å². The molecule has 2 N–H and O–H groups in total. The third kappa shape index (κ3) is 12.4. The molecule has 0 radical (unpaired) electrons. The number of rotatable bonds is 15. The minimum atomic E-state index is -3.99. The van der Waals surface area contributed by atoms with E-state index in [0.29, 0.717) is 25.7 Å². The van der Waals surface area contributed by atoms with Gasteiger partial charge >= 0.3 is 0 Å². The quantitative estimate of drug-likeness (QED) is 0.335. The van der Waals surface area contributed by atoms with Crippen LogP contribution in [0.4, 0.5) is 0 Å². The molecule has 0 fully saturated rings. The molecule has 0 amide bonds. The van der Waals surface area contributed by atoms with E-state index in [9.17, 15) is 18.1 Å². The monoisotopic (exact) mass is 336 g/mol. The third-order valence-corrected chi connectivity index (χ3v) is 5.66. The van der Waals surface area contributed by atoms with Crippen LogP contribution in [0.2, 0.25) is 0 Å². The number of aliphatic hydroxyl groups is 1. The van der Waals surface area contributed by atoms with Crippen LogP contribution in [-0.2, 0) is 10.1 Å². The molecule has 2 unspecified atom stereocenters. The Labute approximate surface area is 137 Å². The molecule has 0 aromatic carbocycles. The second-order valence-corrected chi connectivity index (χ2v) is 8.09. The van der Waals surface area contributed by atoms with E-state index in [1.165, 1.54) is 38.5 Å². The van der Waals surface area contributed by atoms with E-state index < -0.39 is 21.5 Å². The minimum absolute atomic E-state index is 0.352. The molecule has 5 heteroatoms. The summed E-state index contributed by atoms with van der Waals surface area (Å²) in [5.41, 5.74) is 0. The molecule has 0 aromatic heterocycles. The second kappa shape index (κ2) is 13.3. The molecule has 22 heavy (non-hydrogen) atoms. The maximum atomic E-state index is 11.4. The minimum Gasteiger partial charge on any atom is -0.393 e. The van der Waals surface area contributed by atoms with Gasteiger partial charge in [-0.25, -0.2) is 0 Å². The Morgan fingerprint density at radius 2 is 1.27 bits per heavy atom. The van der Waals surface area contributed by atoms with Crippen molar-refractivity contribution < 1.29 is 18.1 Å². The van der Waals surface area contributed by atoms with Crippen molar-refractivity contribution in [1.82, 2.24) is 0 Å². The van der Waals surface area contributed by atoms with Crippen LogP contribution in [0, 0.1) is 0 Å². The van der Waals surface area contributed by atoms with Crippen molar-refractivity contribution >= 4 is 10.1 Å². The third-order valence-electron chi connectivity index (χ3n) is 4.34. The zero-order valence-corrected chi connectivity index (χ0v) is 15.3. The largest absolute Gasteiger partial charge is 0.393 e. The van der Waals surface area contributed by atoms with Gasteiger partial charge in [-0.15, -0.1) is 0 Å². The first-order valence-electron chi connectivity index (χ1n) is 9.06. The molecule has 0 aliphatic rings. The van der Waals surface area contributed by atoms with E-state index in [2.05, 4.69) is 6.92 Å². The topological polar surface area (TPSA) is 74.6 Å². The van der Waals surface area contributed by atoms with Gasteiger partial charge in [-0.05, 0) is 25.7 Å². The van der Waals surface area contributed by atoms with E-state index in [-0.39, 0.29) is 0 Å². The first kappa shape index (κ1) is 21.9. The summed E-state index contributed by atoms with van der Waals surface area (Å²) in [5, 5.41) is 8.82. The molecule has 4 nitrogen and oxygen atoms in total. The second-order valence-electron chi connectivity index (χ2n) is 6.39. The molecule has 0 aliphatic carbocycles. The lowest BCUT2D eigenvalue weighted by molar-refractivity contribution is 0.156. The van der Waals surface area contributed by atoms with Crippen LogP contribution in [0.15, 0.2) is 0 Å². The summed E-state index contributed by atoms with van der Waals surface area (Å²) in [4.78, 5) is 0.